The number of anilines is 1. The van der Waals surface area contributed by atoms with Gasteiger partial charge in [-0.2, -0.15) is 0 Å². The van der Waals surface area contributed by atoms with Crippen LogP contribution in [0.4, 0.5) is 5.69 Å². The number of nitrogens with one attached hydrogen (secondary N) is 2. The molecule has 1 aliphatic heterocycles. The normalized spacial score (nSPS) is 18.7. The fourth-order valence-corrected chi connectivity index (χ4v) is 2.91. The van der Waals surface area contributed by atoms with Gasteiger partial charge in [-0.3, -0.25) is 9.69 Å². The van der Waals surface area contributed by atoms with Crippen LogP contribution in [0, 0.1) is 5.92 Å². The third-order valence-electron chi connectivity index (χ3n) is 3.84. The Morgan fingerprint density at radius 1 is 1.52 bits per heavy atom. The molecule has 5 heteroatoms. The minimum Gasteiger partial charge on any atom is -0.325 e. The van der Waals surface area contributed by atoms with E-state index < -0.39 is 0 Å². The van der Waals surface area contributed by atoms with Crippen molar-refractivity contribution >= 4 is 23.2 Å². The van der Waals surface area contributed by atoms with Gasteiger partial charge in [-0.05, 0) is 56.6 Å². The van der Waals surface area contributed by atoms with E-state index in [-0.39, 0.29) is 5.91 Å². The quantitative estimate of drug-likeness (QED) is 0.849. The van der Waals surface area contributed by atoms with Crippen LogP contribution in [-0.2, 0) is 4.79 Å². The molecule has 116 valence electrons. The molecule has 0 aromatic heterocycles. The molecule has 4 nitrogen and oxygen atoms in total. The van der Waals surface area contributed by atoms with Crippen LogP contribution < -0.4 is 10.6 Å². The zero-order valence-corrected chi connectivity index (χ0v) is 13.3. The van der Waals surface area contributed by atoms with Crippen molar-refractivity contribution in [1.82, 2.24) is 10.2 Å². The first kappa shape index (κ1) is 16.3. The average molecular weight is 310 g/mol. The zero-order chi connectivity index (χ0) is 15.1. The summed E-state index contributed by atoms with van der Waals surface area (Å²) in [5.41, 5.74) is 0.753. The summed E-state index contributed by atoms with van der Waals surface area (Å²) in [5.74, 6) is 0.667. The Morgan fingerprint density at radius 2 is 2.38 bits per heavy atom. The number of nitrogens with zero attached hydrogens (tertiary/aromatic N) is 1. The van der Waals surface area contributed by atoms with Crippen LogP contribution in [0.15, 0.2) is 24.3 Å². The summed E-state index contributed by atoms with van der Waals surface area (Å²) in [7, 11) is 0. The molecule has 1 heterocycles. The van der Waals surface area contributed by atoms with Crippen LogP contribution in [0.25, 0.3) is 0 Å². The van der Waals surface area contributed by atoms with Gasteiger partial charge >= 0.3 is 0 Å². The fraction of sp³-hybridized carbons (Fsp3) is 0.562. The lowest BCUT2D eigenvalue weighted by atomic mass is 9.99. The second kappa shape index (κ2) is 8.37. The van der Waals surface area contributed by atoms with Crippen molar-refractivity contribution in [2.24, 2.45) is 5.92 Å². The Balaban J connectivity index is 1.81. The highest BCUT2D eigenvalue weighted by Gasteiger charge is 2.17. The van der Waals surface area contributed by atoms with Crippen LogP contribution in [-0.4, -0.2) is 43.5 Å². The Labute approximate surface area is 131 Å². The molecule has 1 aromatic carbocycles. The van der Waals surface area contributed by atoms with E-state index in [1.165, 1.54) is 12.8 Å². The van der Waals surface area contributed by atoms with Gasteiger partial charge < -0.3 is 10.6 Å². The van der Waals surface area contributed by atoms with Crippen molar-refractivity contribution in [2.75, 3.05) is 38.0 Å². The minimum atomic E-state index is 0.0166. The molecule has 1 atom stereocenters. The first-order chi connectivity index (χ1) is 10.2. The topological polar surface area (TPSA) is 44.4 Å². The molecule has 1 fully saturated rings. The Morgan fingerprint density at radius 3 is 3.05 bits per heavy atom. The van der Waals surface area contributed by atoms with Crippen LogP contribution in [0.5, 0.6) is 0 Å². The molecule has 21 heavy (non-hydrogen) atoms. The summed E-state index contributed by atoms with van der Waals surface area (Å²) >= 11 is 5.92. The van der Waals surface area contributed by atoms with Crippen LogP contribution in [0.2, 0.25) is 5.02 Å². The number of hydrogen-bond acceptors (Lipinski definition) is 3. The van der Waals surface area contributed by atoms with Gasteiger partial charge in [0.15, 0.2) is 0 Å². The van der Waals surface area contributed by atoms with Crippen molar-refractivity contribution in [1.29, 1.82) is 0 Å². The summed E-state index contributed by atoms with van der Waals surface area (Å²) in [6.07, 6.45) is 2.48. The predicted octanol–water partition coefficient (Wildman–Crippen LogP) is 2.60. The predicted molar refractivity (Wildman–Crippen MR) is 87.8 cm³/mol. The average Bonchev–Trinajstić information content (AvgIpc) is 2.47. The second-order valence-electron chi connectivity index (χ2n) is 5.60. The number of hydrogen-bond donors (Lipinski definition) is 2. The van der Waals surface area contributed by atoms with E-state index in [1.807, 2.05) is 12.1 Å². The van der Waals surface area contributed by atoms with E-state index in [1.54, 1.807) is 12.1 Å². The van der Waals surface area contributed by atoms with E-state index in [9.17, 15) is 4.79 Å². The van der Waals surface area contributed by atoms with Gasteiger partial charge in [0.1, 0.15) is 0 Å². The summed E-state index contributed by atoms with van der Waals surface area (Å²) in [6, 6.07) is 7.25. The van der Waals surface area contributed by atoms with Crippen molar-refractivity contribution in [2.45, 2.75) is 19.8 Å². The molecule has 0 radical (unpaired) electrons. The number of halogens is 1. The lowest BCUT2D eigenvalue weighted by Gasteiger charge is -2.29. The van der Waals surface area contributed by atoms with E-state index in [0.29, 0.717) is 17.5 Å². The SMILES string of the molecule is CCN(CC(=O)Nc1cccc(Cl)c1)CC1CCCNC1. The Hall–Kier alpha value is -1.10. The van der Waals surface area contributed by atoms with Gasteiger partial charge in [-0.15, -0.1) is 0 Å². The first-order valence-electron chi connectivity index (χ1n) is 7.66. The molecule has 1 unspecified atom stereocenters. The molecule has 0 aliphatic carbocycles. The van der Waals surface area contributed by atoms with Crippen molar-refractivity contribution in [3.8, 4) is 0 Å². The third kappa shape index (κ3) is 5.65. The Bertz CT molecular complexity index is 461. The zero-order valence-electron chi connectivity index (χ0n) is 12.6. The summed E-state index contributed by atoms with van der Waals surface area (Å²) in [5, 5.41) is 6.96. The highest BCUT2D eigenvalue weighted by atomic mass is 35.5. The molecule has 2 N–H and O–H groups in total. The lowest BCUT2D eigenvalue weighted by Crippen LogP contribution is -2.41. The monoisotopic (exact) mass is 309 g/mol. The molecular formula is C16H24ClN3O. The molecule has 0 spiro atoms. The molecule has 1 aromatic rings. The van der Waals surface area contributed by atoms with E-state index in [0.717, 1.165) is 31.9 Å². The maximum Gasteiger partial charge on any atom is 0.238 e. The smallest absolute Gasteiger partial charge is 0.238 e. The Kier molecular flexibility index (Phi) is 6.49. The van der Waals surface area contributed by atoms with Gasteiger partial charge in [-0.1, -0.05) is 24.6 Å². The highest BCUT2D eigenvalue weighted by Crippen LogP contribution is 2.15. The van der Waals surface area contributed by atoms with Gasteiger partial charge in [-0.25, -0.2) is 0 Å². The second-order valence-corrected chi connectivity index (χ2v) is 6.04. The minimum absolute atomic E-state index is 0.0166. The molecular weight excluding hydrogens is 286 g/mol. The number of carbonyl (C=O) groups excluding carboxylic acids is 1. The van der Waals surface area contributed by atoms with E-state index in [2.05, 4.69) is 22.5 Å². The number of rotatable bonds is 6. The van der Waals surface area contributed by atoms with Gasteiger partial charge in [0.05, 0.1) is 6.54 Å². The van der Waals surface area contributed by atoms with Crippen molar-refractivity contribution in [3.63, 3.8) is 0 Å². The van der Waals surface area contributed by atoms with Gasteiger partial charge in [0, 0.05) is 17.3 Å². The number of amides is 1. The number of carbonyl (C=O) groups is 1. The van der Waals surface area contributed by atoms with Crippen LogP contribution in [0.1, 0.15) is 19.8 Å². The number of benzene rings is 1. The molecule has 1 amide bonds. The first-order valence-corrected chi connectivity index (χ1v) is 8.03. The van der Waals surface area contributed by atoms with E-state index in [4.69, 9.17) is 11.6 Å². The summed E-state index contributed by atoms with van der Waals surface area (Å²) in [6.45, 7) is 6.58. The standard InChI is InChI=1S/C16H24ClN3O/c1-2-20(11-13-5-4-8-18-10-13)12-16(21)19-15-7-3-6-14(17)9-15/h3,6-7,9,13,18H,2,4-5,8,10-12H2,1H3,(H,19,21). The fourth-order valence-electron chi connectivity index (χ4n) is 2.72. The molecule has 2 rings (SSSR count). The molecule has 1 aliphatic rings. The van der Waals surface area contributed by atoms with Crippen LogP contribution >= 0.6 is 11.6 Å². The lowest BCUT2D eigenvalue weighted by molar-refractivity contribution is -0.117. The highest BCUT2D eigenvalue weighted by molar-refractivity contribution is 6.30. The number of likely N-dealkylation sites (N-methyl/N-ethyl adjacent to an activating group) is 1. The van der Waals surface area contributed by atoms with Crippen molar-refractivity contribution < 1.29 is 4.79 Å². The largest absolute Gasteiger partial charge is 0.325 e. The molecule has 0 bridgehead atoms. The van der Waals surface area contributed by atoms with Gasteiger partial charge in [0.25, 0.3) is 0 Å². The molecule has 1 saturated heterocycles. The molecule has 0 saturated carbocycles. The van der Waals surface area contributed by atoms with Gasteiger partial charge in [0.2, 0.25) is 5.91 Å². The third-order valence-corrected chi connectivity index (χ3v) is 4.07. The maximum atomic E-state index is 12.1. The maximum absolute atomic E-state index is 12.1. The number of piperidine rings is 1. The van der Waals surface area contributed by atoms with E-state index >= 15 is 0 Å². The summed E-state index contributed by atoms with van der Waals surface area (Å²) < 4.78 is 0. The van der Waals surface area contributed by atoms with Crippen LogP contribution in [0.3, 0.4) is 0 Å². The summed E-state index contributed by atoms with van der Waals surface area (Å²) in [4.78, 5) is 14.3. The van der Waals surface area contributed by atoms with Crippen molar-refractivity contribution in [3.05, 3.63) is 29.3 Å².